The third-order valence-corrected chi connectivity index (χ3v) is 6.49. The summed E-state index contributed by atoms with van der Waals surface area (Å²) in [5.41, 5.74) is 0.297. The van der Waals surface area contributed by atoms with E-state index in [-0.39, 0.29) is 28.7 Å². The fourth-order valence-electron chi connectivity index (χ4n) is 2.52. The SMILES string of the molecule is CCN(CC)S(=O)(=O)c1cc(NC(=O)CCOc2ccccc2F)ccc1Cl. The van der Waals surface area contributed by atoms with Gasteiger partial charge >= 0.3 is 0 Å². The second kappa shape index (κ2) is 9.86. The van der Waals surface area contributed by atoms with E-state index in [1.165, 1.54) is 34.6 Å². The van der Waals surface area contributed by atoms with Crippen LogP contribution in [0.5, 0.6) is 5.75 Å². The van der Waals surface area contributed by atoms with Gasteiger partial charge in [-0.05, 0) is 30.3 Å². The Bertz CT molecular complexity index is 933. The fraction of sp³-hybridized carbons (Fsp3) is 0.316. The Morgan fingerprint density at radius 2 is 1.86 bits per heavy atom. The van der Waals surface area contributed by atoms with Gasteiger partial charge in [-0.15, -0.1) is 0 Å². The minimum absolute atomic E-state index is 0.0229. The quantitative estimate of drug-likeness (QED) is 0.656. The van der Waals surface area contributed by atoms with Crippen LogP contribution in [0, 0.1) is 5.82 Å². The van der Waals surface area contributed by atoms with Gasteiger partial charge in [0.1, 0.15) is 4.90 Å². The molecule has 2 aromatic rings. The van der Waals surface area contributed by atoms with E-state index in [1.807, 2.05) is 0 Å². The zero-order valence-corrected chi connectivity index (χ0v) is 17.2. The first kappa shape index (κ1) is 22.1. The van der Waals surface area contributed by atoms with Crippen LogP contribution in [0.25, 0.3) is 0 Å². The number of hydrogen-bond donors (Lipinski definition) is 1. The zero-order valence-electron chi connectivity index (χ0n) is 15.6. The molecule has 2 rings (SSSR count). The summed E-state index contributed by atoms with van der Waals surface area (Å²) in [6, 6.07) is 10.2. The highest BCUT2D eigenvalue weighted by Crippen LogP contribution is 2.28. The Morgan fingerprint density at radius 3 is 2.50 bits per heavy atom. The van der Waals surface area contributed by atoms with Crippen LogP contribution >= 0.6 is 11.6 Å². The number of carbonyl (C=O) groups is 1. The molecule has 0 aliphatic heterocycles. The second-order valence-corrected chi connectivity index (χ2v) is 8.13. The van der Waals surface area contributed by atoms with Gasteiger partial charge in [0.2, 0.25) is 15.9 Å². The molecule has 0 atom stereocenters. The fourth-order valence-corrected chi connectivity index (χ4v) is 4.48. The molecule has 0 saturated heterocycles. The van der Waals surface area contributed by atoms with Crippen molar-refractivity contribution in [2.45, 2.75) is 25.2 Å². The van der Waals surface area contributed by atoms with E-state index in [2.05, 4.69) is 5.32 Å². The predicted octanol–water partition coefficient (Wildman–Crippen LogP) is 3.92. The van der Waals surface area contributed by atoms with E-state index in [9.17, 15) is 17.6 Å². The summed E-state index contributed by atoms with van der Waals surface area (Å²) in [6.45, 7) is 4.05. The van der Waals surface area contributed by atoms with Crippen LogP contribution in [0.15, 0.2) is 47.4 Å². The van der Waals surface area contributed by atoms with Gasteiger partial charge in [-0.2, -0.15) is 4.31 Å². The van der Waals surface area contributed by atoms with Crippen molar-refractivity contribution >= 4 is 33.2 Å². The molecule has 0 aliphatic carbocycles. The van der Waals surface area contributed by atoms with Crippen LogP contribution in [0.1, 0.15) is 20.3 Å². The maximum atomic E-state index is 13.5. The van der Waals surface area contributed by atoms with Crippen LogP contribution in [0.4, 0.5) is 10.1 Å². The average Bonchev–Trinajstić information content (AvgIpc) is 2.65. The largest absolute Gasteiger partial charge is 0.490 e. The Balaban J connectivity index is 2.04. The van der Waals surface area contributed by atoms with Crippen molar-refractivity contribution in [3.8, 4) is 5.75 Å². The number of rotatable bonds is 9. The van der Waals surface area contributed by atoms with Crippen molar-refractivity contribution in [3.05, 3.63) is 53.3 Å². The highest BCUT2D eigenvalue weighted by molar-refractivity contribution is 7.89. The van der Waals surface area contributed by atoms with Crippen LogP contribution < -0.4 is 10.1 Å². The summed E-state index contributed by atoms with van der Waals surface area (Å²) in [5, 5.41) is 2.68. The normalized spacial score (nSPS) is 11.5. The van der Waals surface area contributed by atoms with E-state index in [1.54, 1.807) is 26.0 Å². The molecule has 1 N–H and O–H groups in total. The number of ether oxygens (including phenoxy) is 1. The van der Waals surface area contributed by atoms with Gasteiger partial charge < -0.3 is 10.1 Å². The number of benzene rings is 2. The number of nitrogens with one attached hydrogen (secondary N) is 1. The summed E-state index contributed by atoms with van der Waals surface area (Å²) >= 11 is 6.07. The lowest BCUT2D eigenvalue weighted by Gasteiger charge is -2.19. The molecule has 152 valence electrons. The van der Waals surface area contributed by atoms with Crippen LogP contribution in [0.2, 0.25) is 5.02 Å². The monoisotopic (exact) mass is 428 g/mol. The van der Waals surface area contributed by atoms with Crippen molar-refractivity contribution in [3.63, 3.8) is 0 Å². The summed E-state index contributed by atoms with van der Waals surface area (Å²) in [6.07, 6.45) is -0.0326. The molecule has 0 heterocycles. The molecule has 1 amide bonds. The minimum Gasteiger partial charge on any atom is -0.490 e. The summed E-state index contributed by atoms with van der Waals surface area (Å²) in [5.74, 6) is -0.842. The Morgan fingerprint density at radius 1 is 1.18 bits per heavy atom. The first-order valence-electron chi connectivity index (χ1n) is 8.76. The van der Waals surface area contributed by atoms with Gasteiger partial charge in [-0.3, -0.25) is 4.79 Å². The van der Waals surface area contributed by atoms with Crippen LogP contribution in [-0.2, 0) is 14.8 Å². The van der Waals surface area contributed by atoms with Gasteiger partial charge in [0.15, 0.2) is 11.6 Å². The van der Waals surface area contributed by atoms with E-state index >= 15 is 0 Å². The first-order valence-corrected chi connectivity index (χ1v) is 10.6. The lowest BCUT2D eigenvalue weighted by atomic mass is 10.3. The highest BCUT2D eigenvalue weighted by Gasteiger charge is 2.25. The van der Waals surface area contributed by atoms with Crippen LogP contribution in [-0.4, -0.2) is 38.3 Å². The lowest BCUT2D eigenvalue weighted by molar-refractivity contribution is -0.116. The molecule has 0 aliphatic rings. The minimum atomic E-state index is -3.76. The molecule has 0 radical (unpaired) electrons. The average molecular weight is 429 g/mol. The number of halogens is 2. The Kier molecular flexibility index (Phi) is 7.79. The number of amides is 1. The summed E-state index contributed by atoms with van der Waals surface area (Å²) in [4.78, 5) is 12.0. The van der Waals surface area contributed by atoms with Gasteiger partial charge in [0.25, 0.3) is 0 Å². The van der Waals surface area contributed by atoms with E-state index < -0.39 is 21.7 Å². The maximum absolute atomic E-state index is 13.5. The number of para-hydroxylation sites is 1. The molecule has 28 heavy (non-hydrogen) atoms. The number of hydrogen-bond acceptors (Lipinski definition) is 4. The molecule has 0 fully saturated rings. The van der Waals surface area contributed by atoms with Gasteiger partial charge in [0.05, 0.1) is 18.1 Å². The molecule has 0 aromatic heterocycles. The molecule has 0 spiro atoms. The first-order chi connectivity index (χ1) is 13.3. The Hall–Kier alpha value is -2.16. The maximum Gasteiger partial charge on any atom is 0.244 e. The topological polar surface area (TPSA) is 75.7 Å². The standard InChI is InChI=1S/C19H22ClFN2O4S/c1-3-23(4-2)28(25,26)18-13-14(9-10-15(18)20)22-19(24)11-12-27-17-8-6-5-7-16(17)21/h5-10,13H,3-4,11-12H2,1-2H3,(H,22,24). The molecule has 0 bridgehead atoms. The molecule has 6 nitrogen and oxygen atoms in total. The molecule has 0 unspecified atom stereocenters. The van der Waals surface area contributed by atoms with Crippen molar-refractivity contribution in [1.29, 1.82) is 0 Å². The van der Waals surface area contributed by atoms with Crippen molar-refractivity contribution in [1.82, 2.24) is 4.31 Å². The summed E-state index contributed by atoms with van der Waals surface area (Å²) in [7, 11) is -3.76. The number of carbonyl (C=O) groups excluding carboxylic acids is 1. The van der Waals surface area contributed by atoms with E-state index in [0.29, 0.717) is 18.8 Å². The molecular formula is C19H22ClFN2O4S. The van der Waals surface area contributed by atoms with Crippen LogP contribution in [0.3, 0.4) is 0 Å². The van der Waals surface area contributed by atoms with E-state index in [4.69, 9.17) is 16.3 Å². The number of anilines is 1. The molecule has 0 saturated carbocycles. The van der Waals surface area contributed by atoms with E-state index in [0.717, 1.165) is 0 Å². The van der Waals surface area contributed by atoms with Crippen molar-refractivity contribution < 1.29 is 22.3 Å². The van der Waals surface area contributed by atoms with Crippen molar-refractivity contribution in [2.24, 2.45) is 0 Å². The van der Waals surface area contributed by atoms with Gasteiger partial charge in [0, 0.05) is 18.8 Å². The molecular weight excluding hydrogens is 407 g/mol. The third kappa shape index (κ3) is 5.43. The number of nitrogens with zero attached hydrogens (tertiary/aromatic N) is 1. The molecule has 2 aromatic carbocycles. The molecule has 9 heteroatoms. The smallest absolute Gasteiger partial charge is 0.244 e. The van der Waals surface area contributed by atoms with Crippen molar-refractivity contribution in [2.75, 3.05) is 25.0 Å². The Labute approximate surface area is 169 Å². The highest BCUT2D eigenvalue weighted by atomic mass is 35.5. The van der Waals surface area contributed by atoms with Gasteiger partial charge in [-0.1, -0.05) is 37.6 Å². The summed E-state index contributed by atoms with van der Waals surface area (Å²) < 4.78 is 45.4. The lowest BCUT2D eigenvalue weighted by Crippen LogP contribution is -2.30. The predicted molar refractivity (Wildman–Crippen MR) is 107 cm³/mol. The number of sulfonamides is 1. The second-order valence-electron chi connectivity index (χ2n) is 5.81. The zero-order chi connectivity index (χ0) is 20.7. The van der Waals surface area contributed by atoms with Gasteiger partial charge in [-0.25, -0.2) is 12.8 Å². The third-order valence-electron chi connectivity index (χ3n) is 3.96.